The smallest absolute Gasteiger partial charge is 0.269 e. The lowest BCUT2D eigenvalue weighted by molar-refractivity contribution is -0.384. The van der Waals surface area contributed by atoms with Crippen LogP contribution in [0, 0.1) is 10.1 Å². The van der Waals surface area contributed by atoms with Crippen LogP contribution in [0.5, 0.6) is 11.5 Å². The first-order valence-electron chi connectivity index (χ1n) is 6.33. The van der Waals surface area contributed by atoms with Gasteiger partial charge in [0.15, 0.2) is 0 Å². The highest BCUT2D eigenvalue weighted by Gasteiger charge is 2.14. The van der Waals surface area contributed by atoms with E-state index in [1.165, 1.54) is 38.5 Å². The molecule has 0 bridgehead atoms. The van der Waals surface area contributed by atoms with Gasteiger partial charge in [0.2, 0.25) is 0 Å². The quantitative estimate of drug-likeness (QED) is 0.677. The molecule has 2 aromatic rings. The third kappa shape index (κ3) is 3.32. The summed E-state index contributed by atoms with van der Waals surface area (Å²) < 4.78 is 10.2. The summed E-state index contributed by atoms with van der Waals surface area (Å²) in [5.41, 5.74) is 0.706. The molecule has 0 saturated heterocycles. The molecule has 7 nitrogen and oxygen atoms in total. The summed E-state index contributed by atoms with van der Waals surface area (Å²) in [5.74, 6) is 0.527. The number of amides is 1. The molecule has 0 aliphatic rings. The largest absolute Gasteiger partial charge is 0.497 e. The van der Waals surface area contributed by atoms with Crippen LogP contribution in [0.2, 0.25) is 0 Å². The van der Waals surface area contributed by atoms with Crippen LogP contribution >= 0.6 is 0 Å². The highest BCUT2D eigenvalue weighted by Crippen LogP contribution is 2.25. The van der Waals surface area contributed by atoms with Crippen LogP contribution in [0.3, 0.4) is 0 Å². The van der Waals surface area contributed by atoms with E-state index in [0.29, 0.717) is 22.7 Å². The molecule has 0 unspecified atom stereocenters. The zero-order valence-electron chi connectivity index (χ0n) is 12.0. The summed E-state index contributed by atoms with van der Waals surface area (Å²) in [6.07, 6.45) is 0. The number of nitro benzene ring substituents is 1. The van der Waals surface area contributed by atoms with E-state index in [-0.39, 0.29) is 5.69 Å². The van der Waals surface area contributed by atoms with Crippen molar-refractivity contribution in [1.29, 1.82) is 0 Å². The minimum atomic E-state index is -0.503. The Morgan fingerprint density at radius 2 is 1.77 bits per heavy atom. The number of nitrogens with zero attached hydrogens (tertiary/aromatic N) is 1. The Labute approximate surface area is 126 Å². The second kappa shape index (κ2) is 6.57. The first-order chi connectivity index (χ1) is 10.5. The molecule has 2 rings (SSSR count). The third-order valence-electron chi connectivity index (χ3n) is 2.99. The Morgan fingerprint density at radius 1 is 1.09 bits per heavy atom. The molecule has 0 saturated carbocycles. The summed E-state index contributed by atoms with van der Waals surface area (Å²) in [7, 11) is 2.96. The molecule has 114 valence electrons. The van der Waals surface area contributed by atoms with Crippen molar-refractivity contribution in [2.45, 2.75) is 0 Å². The highest BCUT2D eigenvalue weighted by atomic mass is 16.6. The topological polar surface area (TPSA) is 90.7 Å². The fourth-order valence-corrected chi connectivity index (χ4v) is 1.86. The van der Waals surface area contributed by atoms with Crippen molar-refractivity contribution in [2.75, 3.05) is 19.5 Å². The second-order valence-electron chi connectivity index (χ2n) is 4.32. The number of anilines is 1. The Bertz CT molecular complexity index is 698. The number of nitro groups is 1. The normalized spacial score (nSPS) is 9.91. The SMILES string of the molecule is COc1ccc(OC)c(C(=O)Nc2ccc([N+](=O)[O-])cc2)c1. The fraction of sp³-hybridized carbons (Fsp3) is 0.133. The summed E-state index contributed by atoms with van der Waals surface area (Å²) >= 11 is 0. The molecule has 0 spiro atoms. The molecule has 0 fully saturated rings. The first kappa shape index (κ1) is 15.3. The molecule has 7 heteroatoms. The minimum absolute atomic E-state index is 0.0445. The van der Waals surface area contributed by atoms with Crippen molar-refractivity contribution in [2.24, 2.45) is 0 Å². The maximum atomic E-state index is 12.3. The van der Waals surface area contributed by atoms with Gasteiger partial charge in [0.05, 0.1) is 24.7 Å². The molecule has 0 atom stereocenters. The van der Waals surface area contributed by atoms with Gasteiger partial charge < -0.3 is 14.8 Å². The van der Waals surface area contributed by atoms with Gasteiger partial charge in [0, 0.05) is 17.8 Å². The molecule has 1 amide bonds. The van der Waals surface area contributed by atoms with Gasteiger partial charge in [0.25, 0.3) is 11.6 Å². The van der Waals surface area contributed by atoms with Crippen LogP contribution in [0.4, 0.5) is 11.4 Å². The number of methoxy groups -OCH3 is 2. The van der Waals surface area contributed by atoms with Gasteiger partial charge in [-0.15, -0.1) is 0 Å². The molecule has 0 aliphatic heterocycles. The van der Waals surface area contributed by atoms with E-state index in [1.54, 1.807) is 18.2 Å². The maximum Gasteiger partial charge on any atom is 0.269 e. The molecule has 0 heterocycles. The molecule has 1 N–H and O–H groups in total. The summed E-state index contributed by atoms with van der Waals surface area (Å²) in [6.45, 7) is 0. The van der Waals surface area contributed by atoms with Gasteiger partial charge in [-0.2, -0.15) is 0 Å². The molecule has 22 heavy (non-hydrogen) atoms. The average molecular weight is 302 g/mol. The van der Waals surface area contributed by atoms with Crippen molar-refractivity contribution >= 4 is 17.3 Å². The van der Waals surface area contributed by atoms with Gasteiger partial charge >= 0.3 is 0 Å². The van der Waals surface area contributed by atoms with E-state index in [4.69, 9.17) is 9.47 Å². The highest BCUT2D eigenvalue weighted by molar-refractivity contribution is 6.06. The lowest BCUT2D eigenvalue weighted by Gasteiger charge is -2.10. The predicted molar refractivity (Wildman–Crippen MR) is 80.6 cm³/mol. The van der Waals surface area contributed by atoms with E-state index >= 15 is 0 Å². The number of non-ortho nitro benzene ring substituents is 1. The van der Waals surface area contributed by atoms with E-state index in [1.807, 2.05) is 0 Å². The van der Waals surface area contributed by atoms with Crippen LogP contribution in [0.25, 0.3) is 0 Å². The van der Waals surface area contributed by atoms with E-state index in [2.05, 4.69) is 5.32 Å². The number of benzene rings is 2. The van der Waals surface area contributed by atoms with Gasteiger partial charge in [-0.1, -0.05) is 0 Å². The standard InChI is InChI=1S/C15H14N2O5/c1-21-12-7-8-14(22-2)13(9-12)15(18)16-10-3-5-11(6-4-10)17(19)20/h3-9H,1-2H3,(H,16,18). The maximum absolute atomic E-state index is 12.3. The summed E-state index contributed by atoms with van der Waals surface area (Å²) in [5, 5.41) is 13.3. The summed E-state index contributed by atoms with van der Waals surface area (Å²) in [4.78, 5) is 22.4. The van der Waals surface area contributed by atoms with Crippen LogP contribution in [0.15, 0.2) is 42.5 Å². The van der Waals surface area contributed by atoms with E-state index in [0.717, 1.165) is 0 Å². The molecule has 0 aromatic heterocycles. The molecular weight excluding hydrogens is 288 g/mol. The zero-order chi connectivity index (χ0) is 16.1. The van der Waals surface area contributed by atoms with Gasteiger partial charge in [-0.05, 0) is 30.3 Å². The van der Waals surface area contributed by atoms with E-state index in [9.17, 15) is 14.9 Å². The monoisotopic (exact) mass is 302 g/mol. The lowest BCUT2D eigenvalue weighted by Crippen LogP contribution is -2.13. The van der Waals surface area contributed by atoms with Gasteiger partial charge in [0.1, 0.15) is 11.5 Å². The van der Waals surface area contributed by atoms with Crippen LogP contribution in [-0.4, -0.2) is 25.1 Å². The first-order valence-corrected chi connectivity index (χ1v) is 6.33. The van der Waals surface area contributed by atoms with Gasteiger partial charge in [-0.25, -0.2) is 0 Å². The Kier molecular flexibility index (Phi) is 4.57. The van der Waals surface area contributed by atoms with Crippen molar-refractivity contribution in [1.82, 2.24) is 0 Å². The van der Waals surface area contributed by atoms with Crippen molar-refractivity contribution in [3.05, 3.63) is 58.1 Å². The van der Waals surface area contributed by atoms with Crippen molar-refractivity contribution in [3.8, 4) is 11.5 Å². The number of hydrogen-bond acceptors (Lipinski definition) is 5. The summed E-state index contributed by atoms with van der Waals surface area (Å²) in [6, 6.07) is 10.4. The Balaban J connectivity index is 2.23. The van der Waals surface area contributed by atoms with E-state index < -0.39 is 10.8 Å². The number of carbonyl (C=O) groups excluding carboxylic acids is 1. The predicted octanol–water partition coefficient (Wildman–Crippen LogP) is 2.86. The molecule has 0 radical (unpaired) electrons. The molecular formula is C15H14N2O5. The molecule has 0 aliphatic carbocycles. The number of hydrogen-bond donors (Lipinski definition) is 1. The average Bonchev–Trinajstić information content (AvgIpc) is 2.54. The number of ether oxygens (including phenoxy) is 2. The Morgan fingerprint density at radius 3 is 2.32 bits per heavy atom. The third-order valence-corrected chi connectivity index (χ3v) is 2.99. The Hall–Kier alpha value is -3.09. The van der Waals surface area contributed by atoms with Crippen molar-refractivity contribution < 1.29 is 19.2 Å². The van der Waals surface area contributed by atoms with Crippen molar-refractivity contribution in [3.63, 3.8) is 0 Å². The fourth-order valence-electron chi connectivity index (χ4n) is 1.86. The lowest BCUT2D eigenvalue weighted by atomic mass is 10.1. The van der Waals surface area contributed by atoms with Crippen LogP contribution < -0.4 is 14.8 Å². The zero-order valence-corrected chi connectivity index (χ0v) is 12.0. The second-order valence-corrected chi connectivity index (χ2v) is 4.32. The number of rotatable bonds is 5. The van der Waals surface area contributed by atoms with Crippen LogP contribution in [0.1, 0.15) is 10.4 Å². The van der Waals surface area contributed by atoms with Gasteiger partial charge in [-0.3, -0.25) is 14.9 Å². The minimum Gasteiger partial charge on any atom is -0.497 e. The number of nitrogens with one attached hydrogen (secondary N) is 1. The van der Waals surface area contributed by atoms with Crippen LogP contribution in [-0.2, 0) is 0 Å². The number of carbonyl (C=O) groups is 1. The molecule has 2 aromatic carbocycles.